The predicted octanol–water partition coefficient (Wildman–Crippen LogP) is 4.72. The van der Waals surface area contributed by atoms with Crippen LogP contribution in [0.25, 0.3) is 11.1 Å². The zero-order chi connectivity index (χ0) is 47.6. The first-order valence-corrected chi connectivity index (χ1v) is 23.4. The third kappa shape index (κ3) is 25.3. The molecule has 2 aromatic carbocycles. The summed E-state index contributed by atoms with van der Waals surface area (Å²) in [6, 6.07) is 13.5. The highest BCUT2D eigenvalue weighted by Gasteiger charge is 2.34. The van der Waals surface area contributed by atoms with Crippen LogP contribution in [0.2, 0.25) is 0 Å². The molecule has 0 bridgehead atoms. The number of nitrogens with one attached hydrogen (secondary N) is 3. The van der Waals surface area contributed by atoms with Crippen LogP contribution < -0.4 is 20.5 Å². The van der Waals surface area contributed by atoms with Gasteiger partial charge in [-0.05, 0) is 61.1 Å². The van der Waals surface area contributed by atoms with Crippen molar-refractivity contribution in [1.82, 2.24) is 16.0 Å². The Kier molecular flexibility index (Phi) is 28.8. The highest BCUT2D eigenvalue weighted by molar-refractivity contribution is 7.54. The Morgan fingerprint density at radius 1 is 0.615 bits per heavy atom. The van der Waals surface area contributed by atoms with Crippen molar-refractivity contribution in [1.29, 1.82) is 0 Å². The van der Waals surface area contributed by atoms with Crippen molar-refractivity contribution in [3.05, 3.63) is 54.1 Å². The van der Waals surface area contributed by atoms with E-state index in [0.29, 0.717) is 58.2 Å². The van der Waals surface area contributed by atoms with Gasteiger partial charge in [0.15, 0.2) is 0 Å². The lowest BCUT2D eigenvalue weighted by Crippen LogP contribution is -2.50. The highest BCUT2D eigenvalue weighted by Crippen LogP contribution is 2.47. The van der Waals surface area contributed by atoms with Crippen molar-refractivity contribution < 1.29 is 61.6 Å². The second-order valence-electron chi connectivity index (χ2n) is 15.0. The highest BCUT2D eigenvalue weighted by atomic mass is 31.2. The molecule has 2 rings (SSSR count). The average Bonchev–Trinajstić information content (AvgIpc) is 3.29. The van der Waals surface area contributed by atoms with Crippen LogP contribution in [0.4, 0.5) is 0 Å². The molecule has 0 aromatic heterocycles. The number of ketones is 1. The third-order valence-electron chi connectivity index (χ3n) is 9.70. The quantitative estimate of drug-likeness (QED) is 0.0412. The van der Waals surface area contributed by atoms with Gasteiger partial charge in [0.1, 0.15) is 31.4 Å². The number of hydrogen-bond acceptors (Lipinski definition) is 12. The summed E-state index contributed by atoms with van der Waals surface area (Å²) in [7, 11) is -3.83. The zero-order valence-corrected chi connectivity index (χ0v) is 38.7. The summed E-state index contributed by atoms with van der Waals surface area (Å²) in [5, 5.41) is 8.80. The third-order valence-corrected chi connectivity index (χ3v) is 11.5. The summed E-state index contributed by atoms with van der Waals surface area (Å²) in [4.78, 5) is 63.9. The van der Waals surface area contributed by atoms with E-state index in [4.69, 9.17) is 52.2 Å². The average molecular weight is 924 g/mol. The number of amides is 3. The fourth-order valence-electron chi connectivity index (χ4n) is 5.99. The van der Waals surface area contributed by atoms with Crippen LogP contribution in [-0.2, 0) is 47.4 Å². The minimum atomic E-state index is -3.83. The molecule has 3 amide bonds. The van der Waals surface area contributed by atoms with E-state index in [0.717, 1.165) is 11.1 Å². The Hall–Kier alpha value is -5.05. The van der Waals surface area contributed by atoms with E-state index < -0.39 is 24.7 Å². The first-order valence-electron chi connectivity index (χ1n) is 21.7. The number of ether oxygens (including phenoxy) is 6. The van der Waals surface area contributed by atoms with Gasteiger partial charge in [-0.3, -0.25) is 19.2 Å². The molecular weight excluding hydrogens is 858 g/mol. The fraction of sp³-hybridized carbons (Fsp3) is 0.542. The molecule has 4 N–H and O–H groups in total. The molecule has 356 valence electrons. The maximum absolute atomic E-state index is 14.1. The molecule has 0 aliphatic carbocycles. The van der Waals surface area contributed by atoms with Gasteiger partial charge in [-0.15, -0.1) is 19.3 Å². The topological polar surface area (TPSA) is 206 Å². The number of benzene rings is 2. The van der Waals surface area contributed by atoms with Gasteiger partial charge in [0.25, 0.3) is 5.91 Å². The van der Waals surface area contributed by atoms with Gasteiger partial charge < -0.3 is 53.8 Å². The van der Waals surface area contributed by atoms with Crippen molar-refractivity contribution in [3.8, 4) is 53.9 Å². The van der Waals surface area contributed by atoms with Crippen molar-refractivity contribution in [2.45, 2.75) is 76.4 Å². The molecule has 17 heteroatoms. The molecule has 0 saturated carbocycles. The summed E-state index contributed by atoms with van der Waals surface area (Å²) in [6.07, 6.45) is 16.7. The Balaban J connectivity index is 2.25. The molecule has 0 saturated heterocycles. The summed E-state index contributed by atoms with van der Waals surface area (Å²) in [6.45, 7) is 6.95. The predicted molar refractivity (Wildman–Crippen MR) is 247 cm³/mol. The van der Waals surface area contributed by atoms with E-state index in [-0.39, 0.29) is 114 Å². The SMILES string of the molecule is C#CCOCCOCCCC(=O)CCC(CCC(=O)NCCOCCOCC#C)(CCC(=O)NCCOCCOCC#C)NC(=O)c1ccc(-c2ccc(OP(=O)(O)C(C)C)cc2)cc1. The maximum atomic E-state index is 14.1. The van der Waals surface area contributed by atoms with Crippen LogP contribution in [0.15, 0.2) is 48.5 Å². The van der Waals surface area contributed by atoms with Gasteiger partial charge in [0.2, 0.25) is 11.8 Å². The smallest absolute Gasteiger partial charge is 0.379 e. The lowest BCUT2D eigenvalue weighted by atomic mass is 9.82. The molecule has 65 heavy (non-hydrogen) atoms. The molecule has 16 nitrogen and oxygen atoms in total. The molecule has 0 aliphatic heterocycles. The first-order chi connectivity index (χ1) is 31.3. The summed E-state index contributed by atoms with van der Waals surface area (Å²) < 4.78 is 49.8. The van der Waals surface area contributed by atoms with Crippen molar-refractivity contribution in [3.63, 3.8) is 0 Å². The number of carbonyl (C=O) groups excluding carboxylic acids is 4. The molecule has 0 radical (unpaired) electrons. The normalized spacial score (nSPS) is 12.0. The van der Waals surface area contributed by atoms with Gasteiger partial charge in [-0.2, -0.15) is 0 Å². The van der Waals surface area contributed by atoms with Gasteiger partial charge in [0.05, 0.1) is 58.5 Å². The second-order valence-corrected chi connectivity index (χ2v) is 17.4. The van der Waals surface area contributed by atoms with E-state index in [1.807, 2.05) is 0 Å². The Bertz CT molecular complexity index is 1770. The zero-order valence-electron chi connectivity index (χ0n) is 37.8. The van der Waals surface area contributed by atoms with Crippen molar-refractivity contribution in [2.75, 3.05) is 92.4 Å². The van der Waals surface area contributed by atoms with E-state index in [1.165, 1.54) is 0 Å². The molecule has 2 aromatic rings. The van der Waals surface area contributed by atoms with Crippen LogP contribution in [0, 0.1) is 37.0 Å². The van der Waals surface area contributed by atoms with E-state index in [2.05, 4.69) is 33.7 Å². The van der Waals surface area contributed by atoms with E-state index in [9.17, 15) is 28.6 Å². The van der Waals surface area contributed by atoms with Crippen LogP contribution >= 0.6 is 7.60 Å². The van der Waals surface area contributed by atoms with Crippen molar-refractivity contribution >= 4 is 31.1 Å². The van der Waals surface area contributed by atoms with E-state index in [1.54, 1.807) is 62.4 Å². The molecular formula is C48H66N3O13P. The number of carbonyl (C=O) groups is 4. The maximum Gasteiger partial charge on any atom is 0.379 e. The standard InChI is InChI=1S/C48H66N3O13P/c1-6-27-58-33-36-61-30-9-10-43(52)19-22-48(23-20-45(53)49-25-31-62-37-34-59-28-7-2,24-21-46(54)50-26-32-63-38-35-60-29-8-3)51-47(55)42-13-11-40(12-14-42)41-15-17-44(18-16-41)64-65(56,57)39(4)5/h1-3,11-18,39H,9-10,19-38H2,4-5H3,(H,49,53)(H,50,54)(H,51,55)(H,56,57). The molecule has 1 atom stereocenters. The Labute approximate surface area is 384 Å². The first kappa shape index (κ1) is 56.1. The number of rotatable bonds is 37. The number of terminal acetylenes is 3. The van der Waals surface area contributed by atoms with Gasteiger partial charge in [-0.25, -0.2) is 4.57 Å². The Morgan fingerprint density at radius 3 is 1.51 bits per heavy atom. The monoisotopic (exact) mass is 923 g/mol. The largest absolute Gasteiger partial charge is 0.424 e. The molecule has 0 spiro atoms. The Morgan fingerprint density at radius 2 is 1.05 bits per heavy atom. The minimum absolute atomic E-state index is 0.0197. The summed E-state index contributed by atoms with van der Waals surface area (Å²) in [5.41, 5.74) is 0.134. The van der Waals surface area contributed by atoms with Gasteiger partial charge >= 0.3 is 7.60 Å². The second kappa shape index (κ2) is 33.4. The minimum Gasteiger partial charge on any atom is -0.424 e. The van der Waals surface area contributed by atoms with Crippen molar-refractivity contribution in [2.24, 2.45) is 0 Å². The molecule has 0 fully saturated rings. The molecule has 1 unspecified atom stereocenters. The van der Waals surface area contributed by atoms with E-state index >= 15 is 0 Å². The number of Topliss-reactive ketones (excluding diaryl/α,β-unsaturated/α-hetero) is 1. The van der Waals surface area contributed by atoms with Crippen LogP contribution in [0.5, 0.6) is 5.75 Å². The summed E-state index contributed by atoms with van der Waals surface area (Å²) >= 11 is 0. The summed E-state index contributed by atoms with van der Waals surface area (Å²) in [5.74, 6) is 6.26. The van der Waals surface area contributed by atoms with Gasteiger partial charge in [0, 0.05) is 56.5 Å². The fourth-order valence-corrected chi connectivity index (χ4v) is 6.62. The van der Waals surface area contributed by atoms with Crippen LogP contribution in [-0.4, -0.2) is 132 Å². The lowest BCUT2D eigenvalue weighted by Gasteiger charge is -2.35. The van der Waals surface area contributed by atoms with Crippen LogP contribution in [0.3, 0.4) is 0 Å². The molecule has 0 aliphatic rings. The number of hydrogen-bond donors (Lipinski definition) is 4. The lowest BCUT2D eigenvalue weighted by molar-refractivity contribution is -0.121. The van der Waals surface area contributed by atoms with Crippen LogP contribution in [0.1, 0.15) is 75.6 Å². The molecule has 0 heterocycles. The van der Waals surface area contributed by atoms with Gasteiger partial charge in [-0.1, -0.05) is 55.9 Å².